The van der Waals surface area contributed by atoms with Crippen LogP contribution in [0.4, 0.5) is 10.1 Å². The van der Waals surface area contributed by atoms with Crippen molar-refractivity contribution in [1.82, 2.24) is 0 Å². The lowest BCUT2D eigenvalue weighted by Crippen LogP contribution is -2.20. The van der Waals surface area contributed by atoms with E-state index in [1.807, 2.05) is 6.07 Å². The van der Waals surface area contributed by atoms with Crippen LogP contribution in [0.15, 0.2) is 42.5 Å². The molecule has 21 heavy (non-hydrogen) atoms. The standard InChI is InChI=1S/C15H9Cl2FN2O/c16-12-6-10(18)7-13(17)14(12)20-15(21)11(8-19)9-4-2-1-3-5-9/h1-7,11H,(H,20,21). The van der Waals surface area contributed by atoms with Crippen LogP contribution in [0.5, 0.6) is 0 Å². The quantitative estimate of drug-likeness (QED) is 0.911. The van der Waals surface area contributed by atoms with Crippen molar-refractivity contribution in [2.24, 2.45) is 0 Å². The number of carbonyl (C=O) groups is 1. The number of hydrogen-bond donors (Lipinski definition) is 1. The highest BCUT2D eigenvalue weighted by Gasteiger charge is 2.22. The zero-order chi connectivity index (χ0) is 15.4. The van der Waals surface area contributed by atoms with E-state index in [2.05, 4.69) is 5.32 Å². The van der Waals surface area contributed by atoms with Crippen LogP contribution < -0.4 is 5.32 Å². The molecule has 0 spiro atoms. The monoisotopic (exact) mass is 322 g/mol. The molecule has 0 saturated heterocycles. The number of anilines is 1. The topological polar surface area (TPSA) is 52.9 Å². The molecule has 0 fully saturated rings. The molecule has 0 bridgehead atoms. The van der Waals surface area contributed by atoms with Crippen molar-refractivity contribution in [2.75, 3.05) is 5.32 Å². The van der Waals surface area contributed by atoms with E-state index in [1.165, 1.54) is 0 Å². The second-order valence-corrected chi connectivity index (χ2v) is 5.02. The third kappa shape index (κ3) is 3.52. The average Bonchev–Trinajstić information content (AvgIpc) is 2.45. The van der Waals surface area contributed by atoms with Crippen molar-refractivity contribution in [3.8, 4) is 6.07 Å². The van der Waals surface area contributed by atoms with Gasteiger partial charge in [-0.15, -0.1) is 0 Å². The number of nitriles is 1. The summed E-state index contributed by atoms with van der Waals surface area (Å²) in [4.78, 5) is 12.2. The minimum atomic E-state index is -1.01. The number of amides is 1. The summed E-state index contributed by atoms with van der Waals surface area (Å²) in [5.41, 5.74) is 0.632. The zero-order valence-electron chi connectivity index (χ0n) is 10.6. The lowest BCUT2D eigenvalue weighted by atomic mass is 10.00. The lowest BCUT2D eigenvalue weighted by molar-refractivity contribution is -0.116. The van der Waals surface area contributed by atoms with Gasteiger partial charge < -0.3 is 5.32 Å². The van der Waals surface area contributed by atoms with Gasteiger partial charge in [-0.05, 0) is 17.7 Å². The zero-order valence-corrected chi connectivity index (χ0v) is 12.1. The maximum absolute atomic E-state index is 13.1. The number of nitrogens with zero attached hydrogens (tertiary/aromatic N) is 1. The highest BCUT2D eigenvalue weighted by molar-refractivity contribution is 6.39. The summed E-state index contributed by atoms with van der Waals surface area (Å²) < 4.78 is 13.1. The van der Waals surface area contributed by atoms with Gasteiger partial charge in [-0.2, -0.15) is 5.26 Å². The van der Waals surface area contributed by atoms with Gasteiger partial charge in [0.25, 0.3) is 0 Å². The summed E-state index contributed by atoms with van der Waals surface area (Å²) in [6.45, 7) is 0. The number of halogens is 3. The van der Waals surface area contributed by atoms with Gasteiger partial charge in [-0.3, -0.25) is 4.79 Å². The third-order valence-corrected chi connectivity index (χ3v) is 3.38. The molecule has 1 N–H and O–H groups in total. The van der Waals surface area contributed by atoms with E-state index in [4.69, 9.17) is 23.2 Å². The Morgan fingerprint density at radius 1 is 1.19 bits per heavy atom. The summed E-state index contributed by atoms with van der Waals surface area (Å²) in [5, 5.41) is 11.6. The molecule has 0 radical (unpaired) electrons. The van der Waals surface area contributed by atoms with E-state index in [9.17, 15) is 14.4 Å². The minimum absolute atomic E-state index is 0.0295. The first-order chi connectivity index (χ1) is 10.0. The lowest BCUT2D eigenvalue weighted by Gasteiger charge is -2.13. The van der Waals surface area contributed by atoms with Crippen molar-refractivity contribution in [3.63, 3.8) is 0 Å². The second-order valence-electron chi connectivity index (χ2n) is 4.21. The Kier molecular flexibility index (Phi) is 4.79. The minimum Gasteiger partial charge on any atom is -0.322 e. The molecule has 1 atom stereocenters. The predicted octanol–water partition coefficient (Wildman–Crippen LogP) is 4.38. The maximum Gasteiger partial charge on any atom is 0.246 e. The highest BCUT2D eigenvalue weighted by Crippen LogP contribution is 2.32. The van der Waals surface area contributed by atoms with E-state index in [-0.39, 0.29) is 15.7 Å². The van der Waals surface area contributed by atoms with Gasteiger partial charge in [0, 0.05) is 0 Å². The Bertz CT molecular complexity index is 690. The van der Waals surface area contributed by atoms with E-state index >= 15 is 0 Å². The predicted molar refractivity (Wildman–Crippen MR) is 79.8 cm³/mol. The Labute approximate surface area is 130 Å². The van der Waals surface area contributed by atoms with E-state index in [0.29, 0.717) is 5.56 Å². The molecule has 6 heteroatoms. The largest absolute Gasteiger partial charge is 0.322 e. The molecule has 0 heterocycles. The van der Waals surface area contributed by atoms with Crippen LogP contribution in [0, 0.1) is 17.1 Å². The molecular weight excluding hydrogens is 314 g/mol. The third-order valence-electron chi connectivity index (χ3n) is 2.78. The van der Waals surface area contributed by atoms with Crippen LogP contribution in [0.25, 0.3) is 0 Å². The first-order valence-electron chi connectivity index (χ1n) is 5.93. The van der Waals surface area contributed by atoms with Crippen LogP contribution in [0.2, 0.25) is 10.0 Å². The number of hydrogen-bond acceptors (Lipinski definition) is 2. The van der Waals surface area contributed by atoms with Crippen molar-refractivity contribution in [3.05, 3.63) is 63.9 Å². The highest BCUT2D eigenvalue weighted by atomic mass is 35.5. The van der Waals surface area contributed by atoms with Crippen LogP contribution in [-0.4, -0.2) is 5.91 Å². The van der Waals surface area contributed by atoms with Crippen molar-refractivity contribution in [1.29, 1.82) is 5.26 Å². The van der Waals surface area contributed by atoms with Crippen molar-refractivity contribution >= 4 is 34.8 Å². The fourth-order valence-corrected chi connectivity index (χ4v) is 2.34. The fourth-order valence-electron chi connectivity index (χ4n) is 1.79. The molecule has 0 aromatic heterocycles. The SMILES string of the molecule is N#CC(C(=O)Nc1c(Cl)cc(F)cc1Cl)c1ccccc1. The number of rotatable bonds is 3. The molecule has 3 nitrogen and oxygen atoms in total. The molecule has 0 aliphatic carbocycles. The summed E-state index contributed by atoms with van der Waals surface area (Å²) in [7, 11) is 0. The molecule has 2 aromatic rings. The maximum atomic E-state index is 13.1. The first kappa shape index (κ1) is 15.3. The molecular formula is C15H9Cl2FN2O. The van der Waals surface area contributed by atoms with Gasteiger partial charge in [0.2, 0.25) is 5.91 Å². The number of carbonyl (C=O) groups excluding carboxylic acids is 1. The van der Waals surface area contributed by atoms with Gasteiger partial charge in [0.05, 0.1) is 21.8 Å². The van der Waals surface area contributed by atoms with Gasteiger partial charge in [-0.1, -0.05) is 53.5 Å². The van der Waals surface area contributed by atoms with Crippen molar-refractivity contribution in [2.45, 2.75) is 5.92 Å². The number of nitrogens with one attached hydrogen (secondary N) is 1. The number of benzene rings is 2. The average molecular weight is 323 g/mol. The van der Waals surface area contributed by atoms with Crippen LogP contribution in [-0.2, 0) is 4.79 Å². The van der Waals surface area contributed by atoms with Crippen molar-refractivity contribution < 1.29 is 9.18 Å². The Morgan fingerprint density at radius 3 is 2.29 bits per heavy atom. The second kappa shape index (κ2) is 6.57. The van der Waals surface area contributed by atoms with Gasteiger partial charge in [-0.25, -0.2) is 4.39 Å². The summed E-state index contributed by atoms with van der Waals surface area (Å²) in [6, 6.07) is 12.6. The molecule has 0 aliphatic rings. The molecule has 0 aliphatic heterocycles. The summed E-state index contributed by atoms with van der Waals surface area (Å²) in [5.74, 6) is -2.20. The molecule has 2 aromatic carbocycles. The molecule has 106 valence electrons. The Balaban J connectivity index is 2.28. The normalized spacial score (nSPS) is 11.5. The molecule has 1 amide bonds. The molecule has 0 saturated carbocycles. The van der Waals surface area contributed by atoms with Crippen LogP contribution in [0.1, 0.15) is 11.5 Å². The van der Waals surface area contributed by atoms with E-state index in [1.54, 1.807) is 30.3 Å². The van der Waals surface area contributed by atoms with Gasteiger partial charge in [0.15, 0.2) is 5.92 Å². The Hall–Kier alpha value is -2.09. The summed E-state index contributed by atoms with van der Waals surface area (Å²) in [6.07, 6.45) is 0. The van der Waals surface area contributed by atoms with E-state index < -0.39 is 17.6 Å². The summed E-state index contributed by atoms with van der Waals surface area (Å²) >= 11 is 11.7. The molecule has 2 rings (SSSR count). The van der Waals surface area contributed by atoms with E-state index in [0.717, 1.165) is 12.1 Å². The van der Waals surface area contributed by atoms with Crippen LogP contribution in [0.3, 0.4) is 0 Å². The smallest absolute Gasteiger partial charge is 0.246 e. The van der Waals surface area contributed by atoms with Gasteiger partial charge >= 0.3 is 0 Å². The Morgan fingerprint density at radius 2 is 1.76 bits per heavy atom. The van der Waals surface area contributed by atoms with Gasteiger partial charge in [0.1, 0.15) is 5.82 Å². The first-order valence-corrected chi connectivity index (χ1v) is 6.68. The fraction of sp³-hybridized carbons (Fsp3) is 0.0667. The molecule has 1 unspecified atom stereocenters. The van der Waals surface area contributed by atoms with Crippen LogP contribution >= 0.6 is 23.2 Å².